The summed E-state index contributed by atoms with van der Waals surface area (Å²) in [6.07, 6.45) is -2.90. The van der Waals surface area contributed by atoms with Gasteiger partial charge in [0.15, 0.2) is 0 Å². The first-order valence-electron chi connectivity index (χ1n) is 4.95. The summed E-state index contributed by atoms with van der Waals surface area (Å²) in [5.41, 5.74) is 10.2. The molecule has 5 nitrogen and oxygen atoms in total. The molecule has 0 atom stereocenters. The summed E-state index contributed by atoms with van der Waals surface area (Å²) in [6.45, 7) is 1.67. The van der Waals surface area contributed by atoms with E-state index in [1.165, 1.54) is 6.07 Å². The predicted molar refractivity (Wildman–Crippen MR) is 57.5 cm³/mol. The number of nitrogen functional groups attached to an aromatic ring is 1. The van der Waals surface area contributed by atoms with Gasteiger partial charge in [-0.05, 0) is 13.0 Å². The molecule has 0 aromatic carbocycles. The summed E-state index contributed by atoms with van der Waals surface area (Å²) in [5.74, 6) is -0.958. The number of nitrogens with zero attached hydrogens (tertiary/aromatic N) is 1. The monoisotopic (exact) mass is 245 g/mol. The molecule has 0 aliphatic carbocycles. The van der Waals surface area contributed by atoms with E-state index in [0.717, 1.165) is 0 Å². The van der Waals surface area contributed by atoms with Crippen LogP contribution in [0.15, 0.2) is 6.07 Å². The number of carbonyl (C=O) groups is 1. The van der Waals surface area contributed by atoms with Crippen molar-refractivity contribution in [3.63, 3.8) is 0 Å². The number of ether oxygens (including phenoxy) is 1. The smallest absolute Gasteiger partial charge is 0.340 e. The molecule has 0 aliphatic rings. The summed E-state index contributed by atoms with van der Waals surface area (Å²) in [4.78, 5) is 15.0. The predicted octanol–water partition coefficient (Wildman–Crippen LogP) is 1.24. The minimum Gasteiger partial charge on any atom is -0.462 e. The summed E-state index contributed by atoms with van der Waals surface area (Å²) in [7, 11) is 0. The second-order valence-corrected chi connectivity index (χ2v) is 3.19. The molecular formula is C10H13F2N3O2. The molecule has 0 spiro atoms. The van der Waals surface area contributed by atoms with Crippen molar-refractivity contribution in [1.82, 2.24) is 4.98 Å². The summed E-state index contributed by atoms with van der Waals surface area (Å²) >= 11 is 0. The number of hydrogen-bond donors (Lipinski definition) is 2. The number of anilines is 1. The van der Waals surface area contributed by atoms with E-state index >= 15 is 0 Å². The van der Waals surface area contributed by atoms with E-state index in [9.17, 15) is 13.6 Å². The van der Waals surface area contributed by atoms with Crippen molar-refractivity contribution in [3.05, 3.63) is 22.9 Å². The van der Waals surface area contributed by atoms with Crippen LogP contribution in [0.25, 0.3) is 0 Å². The summed E-state index contributed by atoms with van der Waals surface area (Å²) in [6, 6.07) is 1.20. The van der Waals surface area contributed by atoms with Crippen LogP contribution in [0.1, 0.15) is 35.0 Å². The third-order valence-corrected chi connectivity index (χ3v) is 2.09. The average Bonchev–Trinajstić information content (AvgIpc) is 2.28. The van der Waals surface area contributed by atoms with Crippen molar-refractivity contribution in [2.45, 2.75) is 19.9 Å². The molecule has 1 aromatic rings. The molecule has 0 saturated carbocycles. The van der Waals surface area contributed by atoms with Crippen molar-refractivity contribution in [3.8, 4) is 0 Å². The van der Waals surface area contributed by atoms with Gasteiger partial charge in [-0.1, -0.05) is 0 Å². The molecule has 0 bridgehead atoms. The molecule has 0 amide bonds. The van der Waals surface area contributed by atoms with Crippen LogP contribution in [-0.2, 0) is 11.3 Å². The van der Waals surface area contributed by atoms with Gasteiger partial charge in [-0.25, -0.2) is 18.6 Å². The van der Waals surface area contributed by atoms with Crippen LogP contribution >= 0.6 is 0 Å². The number of hydrogen-bond acceptors (Lipinski definition) is 5. The number of nitrogens with two attached hydrogens (primary N) is 2. The SMILES string of the molecule is CCOC(=O)c1cc(CN)c(N)nc1C(F)F. The minimum atomic E-state index is -2.90. The van der Waals surface area contributed by atoms with Crippen LogP contribution in [0.2, 0.25) is 0 Å². The molecular weight excluding hydrogens is 232 g/mol. The fraction of sp³-hybridized carbons (Fsp3) is 0.400. The Morgan fingerprint density at radius 3 is 2.71 bits per heavy atom. The molecule has 7 heteroatoms. The lowest BCUT2D eigenvalue weighted by atomic mass is 10.1. The molecule has 94 valence electrons. The Balaban J connectivity index is 3.28. The lowest BCUT2D eigenvalue weighted by Gasteiger charge is -2.11. The van der Waals surface area contributed by atoms with Gasteiger partial charge in [0.25, 0.3) is 6.43 Å². The van der Waals surface area contributed by atoms with Crippen molar-refractivity contribution in [2.75, 3.05) is 12.3 Å². The average molecular weight is 245 g/mol. The van der Waals surface area contributed by atoms with Crippen LogP contribution in [-0.4, -0.2) is 17.6 Å². The van der Waals surface area contributed by atoms with Crippen molar-refractivity contribution in [2.24, 2.45) is 5.73 Å². The van der Waals surface area contributed by atoms with Crippen LogP contribution < -0.4 is 11.5 Å². The van der Waals surface area contributed by atoms with E-state index in [0.29, 0.717) is 5.56 Å². The number of esters is 1. The molecule has 0 unspecified atom stereocenters. The molecule has 4 N–H and O–H groups in total. The van der Waals surface area contributed by atoms with Gasteiger partial charge < -0.3 is 16.2 Å². The Hall–Kier alpha value is -1.76. The molecule has 0 aliphatic heterocycles. The molecule has 1 rings (SSSR count). The van der Waals surface area contributed by atoms with Crippen molar-refractivity contribution < 1.29 is 18.3 Å². The summed E-state index contributed by atoms with van der Waals surface area (Å²) in [5, 5.41) is 0. The number of alkyl halides is 2. The highest BCUT2D eigenvalue weighted by Crippen LogP contribution is 2.25. The van der Waals surface area contributed by atoms with Crippen molar-refractivity contribution >= 4 is 11.8 Å². The summed E-state index contributed by atoms with van der Waals surface area (Å²) < 4.78 is 30.0. The number of rotatable bonds is 4. The lowest BCUT2D eigenvalue weighted by Crippen LogP contribution is -2.14. The number of carbonyl (C=O) groups excluding carboxylic acids is 1. The highest BCUT2D eigenvalue weighted by molar-refractivity contribution is 5.91. The standard InChI is InChI=1S/C10H13F2N3O2/c1-2-17-10(16)6-3-5(4-13)9(14)15-7(6)8(11)12/h3,8H,2,4,13H2,1H3,(H2,14,15). The van der Waals surface area contributed by atoms with Gasteiger partial charge in [-0.2, -0.15) is 0 Å². The molecule has 0 fully saturated rings. The Labute approximate surface area is 96.8 Å². The van der Waals surface area contributed by atoms with E-state index in [2.05, 4.69) is 9.72 Å². The van der Waals surface area contributed by atoms with Crippen LogP contribution in [0.4, 0.5) is 14.6 Å². The van der Waals surface area contributed by atoms with Gasteiger partial charge in [0.05, 0.1) is 12.2 Å². The third-order valence-electron chi connectivity index (χ3n) is 2.09. The van der Waals surface area contributed by atoms with E-state index in [1.54, 1.807) is 6.92 Å². The van der Waals surface area contributed by atoms with Gasteiger partial charge in [0.2, 0.25) is 0 Å². The quantitative estimate of drug-likeness (QED) is 0.778. The zero-order valence-electron chi connectivity index (χ0n) is 9.24. The Morgan fingerprint density at radius 2 is 2.24 bits per heavy atom. The zero-order chi connectivity index (χ0) is 13.0. The maximum atomic E-state index is 12.7. The molecule has 0 saturated heterocycles. The lowest BCUT2D eigenvalue weighted by molar-refractivity contribution is 0.0513. The molecule has 1 aromatic heterocycles. The fourth-order valence-electron chi connectivity index (χ4n) is 1.29. The molecule has 17 heavy (non-hydrogen) atoms. The van der Waals surface area contributed by atoms with Gasteiger partial charge in [-0.15, -0.1) is 0 Å². The first-order valence-corrected chi connectivity index (χ1v) is 4.95. The largest absolute Gasteiger partial charge is 0.462 e. The second kappa shape index (κ2) is 5.53. The topological polar surface area (TPSA) is 91.2 Å². The minimum absolute atomic E-state index is 0.00869. The Kier molecular flexibility index (Phi) is 4.33. The Morgan fingerprint density at radius 1 is 1.59 bits per heavy atom. The fourth-order valence-corrected chi connectivity index (χ4v) is 1.29. The zero-order valence-corrected chi connectivity index (χ0v) is 9.24. The maximum Gasteiger partial charge on any atom is 0.340 e. The normalized spacial score (nSPS) is 10.6. The molecule has 0 radical (unpaired) electrons. The van der Waals surface area contributed by atoms with Crippen LogP contribution in [0.5, 0.6) is 0 Å². The van der Waals surface area contributed by atoms with Gasteiger partial charge in [-0.3, -0.25) is 0 Å². The van der Waals surface area contributed by atoms with Crippen LogP contribution in [0, 0.1) is 0 Å². The van der Waals surface area contributed by atoms with E-state index in [-0.39, 0.29) is 24.5 Å². The number of halogens is 2. The van der Waals surface area contributed by atoms with E-state index < -0.39 is 18.1 Å². The number of pyridine rings is 1. The Bertz CT molecular complexity index is 424. The van der Waals surface area contributed by atoms with Gasteiger partial charge >= 0.3 is 5.97 Å². The van der Waals surface area contributed by atoms with Gasteiger partial charge in [0.1, 0.15) is 11.5 Å². The third kappa shape index (κ3) is 2.88. The van der Waals surface area contributed by atoms with Crippen LogP contribution in [0.3, 0.4) is 0 Å². The first kappa shape index (κ1) is 13.3. The highest BCUT2D eigenvalue weighted by Gasteiger charge is 2.23. The van der Waals surface area contributed by atoms with E-state index in [4.69, 9.17) is 11.5 Å². The first-order chi connectivity index (χ1) is 8.01. The molecule has 1 heterocycles. The van der Waals surface area contributed by atoms with E-state index in [1.807, 2.05) is 0 Å². The second-order valence-electron chi connectivity index (χ2n) is 3.19. The van der Waals surface area contributed by atoms with Gasteiger partial charge in [0, 0.05) is 12.1 Å². The maximum absolute atomic E-state index is 12.7. The number of aromatic nitrogens is 1. The van der Waals surface area contributed by atoms with Crippen molar-refractivity contribution in [1.29, 1.82) is 0 Å². The highest BCUT2D eigenvalue weighted by atomic mass is 19.3.